The highest BCUT2D eigenvalue weighted by molar-refractivity contribution is 7.26. The molecule has 0 aliphatic heterocycles. The van der Waals surface area contributed by atoms with Crippen LogP contribution in [0.2, 0.25) is 0 Å². The van der Waals surface area contributed by atoms with E-state index in [2.05, 4.69) is 132 Å². The molecule has 0 aliphatic carbocycles. The fourth-order valence-corrected chi connectivity index (χ4v) is 7.39. The van der Waals surface area contributed by atoms with Crippen LogP contribution in [-0.4, -0.2) is 14.5 Å². The highest BCUT2D eigenvalue weighted by Crippen LogP contribution is 2.42. The Bertz CT molecular complexity index is 2440. The number of fused-ring (bicyclic) bond motifs is 9. The summed E-state index contributed by atoms with van der Waals surface area (Å²) in [6.07, 6.45) is 0. The summed E-state index contributed by atoms with van der Waals surface area (Å²) in [5.41, 5.74) is 5.33. The second-order valence-electron chi connectivity index (χ2n) is 10.2. The summed E-state index contributed by atoms with van der Waals surface area (Å²) in [6.45, 7) is 0. The van der Waals surface area contributed by atoms with E-state index in [4.69, 9.17) is 9.97 Å². The zero-order chi connectivity index (χ0) is 26.2. The fourth-order valence-electron chi connectivity index (χ4n) is 6.25. The molecule has 186 valence electrons. The van der Waals surface area contributed by atoms with Crippen LogP contribution >= 0.6 is 11.3 Å². The van der Waals surface area contributed by atoms with E-state index < -0.39 is 0 Å². The molecule has 0 unspecified atom stereocenters. The smallest absolute Gasteiger partial charge is 0.235 e. The summed E-state index contributed by atoms with van der Waals surface area (Å²) in [5, 5.41) is 8.48. The molecular weight excluding hydrogens is 506 g/mol. The van der Waals surface area contributed by atoms with Gasteiger partial charge in [0.05, 0.1) is 26.9 Å². The maximum absolute atomic E-state index is 5.40. The Morgan fingerprint density at radius 3 is 2.05 bits per heavy atom. The van der Waals surface area contributed by atoms with Crippen LogP contribution in [0.25, 0.3) is 80.9 Å². The zero-order valence-corrected chi connectivity index (χ0v) is 22.2. The highest BCUT2D eigenvalue weighted by Gasteiger charge is 2.21. The van der Waals surface area contributed by atoms with E-state index in [0.717, 1.165) is 32.5 Å². The van der Waals surface area contributed by atoms with Crippen LogP contribution in [0.1, 0.15) is 0 Å². The second kappa shape index (κ2) is 8.22. The van der Waals surface area contributed by atoms with Crippen LogP contribution in [0.5, 0.6) is 0 Å². The number of para-hydroxylation sites is 1. The molecule has 0 spiro atoms. The van der Waals surface area contributed by atoms with Gasteiger partial charge in [-0.15, -0.1) is 11.3 Å². The minimum atomic E-state index is 0.695. The lowest BCUT2D eigenvalue weighted by Crippen LogP contribution is -2.02. The molecule has 6 aromatic carbocycles. The third-order valence-electron chi connectivity index (χ3n) is 8.01. The van der Waals surface area contributed by atoms with Crippen molar-refractivity contribution >= 4 is 75.0 Å². The number of hydrogen-bond acceptors (Lipinski definition) is 3. The largest absolute Gasteiger partial charge is 0.278 e. The molecule has 0 radical (unpaired) electrons. The van der Waals surface area contributed by atoms with E-state index in [1.165, 1.54) is 42.4 Å². The van der Waals surface area contributed by atoms with Crippen molar-refractivity contribution in [1.82, 2.24) is 14.5 Å². The highest BCUT2D eigenvalue weighted by atomic mass is 32.1. The summed E-state index contributed by atoms with van der Waals surface area (Å²) in [7, 11) is 0. The summed E-state index contributed by atoms with van der Waals surface area (Å²) in [6, 6.07) is 45.3. The Hall–Kier alpha value is -5.06. The van der Waals surface area contributed by atoms with Gasteiger partial charge in [0, 0.05) is 26.4 Å². The van der Waals surface area contributed by atoms with Crippen LogP contribution in [0, 0.1) is 0 Å². The SMILES string of the molecule is c1ccc2c(-c3nc(-n4c5ccccc5c5c6ccccc6ccc54)nc4c3sc3ccccc34)cccc2c1. The summed E-state index contributed by atoms with van der Waals surface area (Å²) in [5.74, 6) is 0.695. The van der Waals surface area contributed by atoms with Crippen molar-refractivity contribution in [2.24, 2.45) is 0 Å². The molecule has 9 rings (SSSR count). The number of nitrogens with zero attached hydrogens (tertiary/aromatic N) is 3. The molecule has 0 saturated heterocycles. The van der Waals surface area contributed by atoms with Crippen molar-refractivity contribution < 1.29 is 0 Å². The van der Waals surface area contributed by atoms with Gasteiger partial charge in [0.15, 0.2) is 0 Å². The number of thiophene rings is 1. The Morgan fingerprint density at radius 2 is 1.18 bits per heavy atom. The Kier molecular flexibility index (Phi) is 4.48. The number of rotatable bonds is 2. The van der Waals surface area contributed by atoms with Gasteiger partial charge in [-0.25, -0.2) is 9.97 Å². The van der Waals surface area contributed by atoms with Gasteiger partial charge in [0.2, 0.25) is 5.95 Å². The molecule has 0 bridgehead atoms. The molecule has 40 heavy (non-hydrogen) atoms. The van der Waals surface area contributed by atoms with Crippen molar-refractivity contribution in [3.05, 3.63) is 127 Å². The van der Waals surface area contributed by atoms with E-state index in [9.17, 15) is 0 Å². The van der Waals surface area contributed by atoms with E-state index in [1.807, 2.05) is 0 Å². The lowest BCUT2D eigenvalue weighted by molar-refractivity contribution is 1.02. The minimum absolute atomic E-state index is 0.695. The molecule has 0 amide bonds. The normalized spacial score (nSPS) is 12.0. The fraction of sp³-hybridized carbons (Fsp3) is 0. The first kappa shape index (κ1) is 21.8. The lowest BCUT2D eigenvalue weighted by atomic mass is 10.0. The second-order valence-corrected chi connectivity index (χ2v) is 11.3. The summed E-state index contributed by atoms with van der Waals surface area (Å²) in [4.78, 5) is 10.7. The lowest BCUT2D eigenvalue weighted by Gasteiger charge is -2.12. The molecule has 9 aromatic rings. The van der Waals surface area contributed by atoms with Crippen LogP contribution in [0.15, 0.2) is 127 Å². The number of benzene rings is 6. The van der Waals surface area contributed by atoms with Gasteiger partial charge in [-0.3, -0.25) is 4.57 Å². The van der Waals surface area contributed by atoms with E-state index >= 15 is 0 Å². The van der Waals surface area contributed by atoms with E-state index in [0.29, 0.717) is 5.95 Å². The van der Waals surface area contributed by atoms with Gasteiger partial charge in [0.1, 0.15) is 0 Å². The monoisotopic (exact) mass is 527 g/mol. The topological polar surface area (TPSA) is 30.7 Å². The van der Waals surface area contributed by atoms with Gasteiger partial charge in [-0.2, -0.15) is 0 Å². The van der Waals surface area contributed by atoms with Crippen LogP contribution in [0.4, 0.5) is 0 Å². The predicted octanol–water partition coefficient (Wildman–Crippen LogP) is 9.91. The van der Waals surface area contributed by atoms with Crippen molar-refractivity contribution in [3.8, 4) is 17.2 Å². The predicted molar refractivity (Wildman–Crippen MR) is 170 cm³/mol. The molecular formula is C36H21N3S. The zero-order valence-electron chi connectivity index (χ0n) is 21.4. The Labute approximate surface area is 233 Å². The van der Waals surface area contributed by atoms with E-state index in [-0.39, 0.29) is 0 Å². The van der Waals surface area contributed by atoms with Crippen molar-refractivity contribution in [3.63, 3.8) is 0 Å². The maximum Gasteiger partial charge on any atom is 0.235 e. The molecule has 3 aromatic heterocycles. The van der Waals surface area contributed by atoms with Gasteiger partial charge in [-0.1, -0.05) is 109 Å². The van der Waals surface area contributed by atoms with Crippen molar-refractivity contribution in [1.29, 1.82) is 0 Å². The third kappa shape index (κ3) is 2.99. The molecule has 0 N–H and O–H groups in total. The minimum Gasteiger partial charge on any atom is -0.278 e. The van der Waals surface area contributed by atoms with Crippen molar-refractivity contribution in [2.75, 3.05) is 0 Å². The first-order chi connectivity index (χ1) is 19.8. The average molecular weight is 528 g/mol. The number of hydrogen-bond donors (Lipinski definition) is 0. The first-order valence-electron chi connectivity index (χ1n) is 13.4. The maximum atomic E-state index is 5.40. The van der Waals surface area contributed by atoms with Gasteiger partial charge in [0.25, 0.3) is 0 Å². The quantitative estimate of drug-likeness (QED) is 0.224. The molecule has 0 saturated carbocycles. The summed E-state index contributed by atoms with van der Waals surface area (Å²) >= 11 is 1.77. The average Bonchev–Trinajstić information content (AvgIpc) is 3.56. The third-order valence-corrected chi connectivity index (χ3v) is 9.18. The van der Waals surface area contributed by atoms with Gasteiger partial charge >= 0.3 is 0 Å². The Morgan fingerprint density at radius 1 is 0.500 bits per heavy atom. The van der Waals surface area contributed by atoms with Gasteiger partial charge < -0.3 is 0 Å². The molecule has 3 nitrogen and oxygen atoms in total. The van der Waals surface area contributed by atoms with Crippen LogP contribution in [0.3, 0.4) is 0 Å². The molecule has 4 heteroatoms. The molecule has 0 aliphatic rings. The summed E-state index contributed by atoms with van der Waals surface area (Å²) < 4.78 is 4.59. The number of aromatic nitrogens is 3. The molecule has 0 fully saturated rings. The molecule has 0 atom stereocenters. The van der Waals surface area contributed by atoms with E-state index in [1.54, 1.807) is 11.3 Å². The van der Waals surface area contributed by atoms with Crippen LogP contribution < -0.4 is 0 Å². The van der Waals surface area contributed by atoms with Gasteiger partial charge in [-0.05, 0) is 39.7 Å². The van der Waals surface area contributed by atoms with Crippen LogP contribution in [-0.2, 0) is 0 Å². The standard InChI is InChI=1S/C36H21N3S/c1-3-13-24-22(10-1)12-9-17-26(24)33-35-34(28-16-6-8-19-31(28)40-35)38-36(37-33)39-29-18-7-5-15-27(29)32-25-14-4-2-11-23(25)20-21-30(32)39/h1-21H. The first-order valence-corrected chi connectivity index (χ1v) is 14.3. The molecule has 3 heterocycles. The Balaban J connectivity index is 1.47. The van der Waals surface area contributed by atoms with Crippen molar-refractivity contribution in [2.45, 2.75) is 0 Å².